The Morgan fingerprint density at radius 1 is 0.971 bits per heavy atom. The van der Waals surface area contributed by atoms with Gasteiger partial charge in [0, 0.05) is 37.6 Å². The van der Waals surface area contributed by atoms with E-state index in [0.29, 0.717) is 36.4 Å². The van der Waals surface area contributed by atoms with Crippen molar-refractivity contribution in [2.24, 2.45) is 0 Å². The van der Waals surface area contributed by atoms with E-state index < -0.39 is 15.9 Å². The summed E-state index contributed by atoms with van der Waals surface area (Å²) in [5.41, 5.74) is 2.37. The van der Waals surface area contributed by atoms with E-state index in [9.17, 15) is 18.0 Å². The minimum absolute atomic E-state index is 0.0904. The van der Waals surface area contributed by atoms with Crippen molar-refractivity contribution in [2.45, 2.75) is 31.2 Å². The van der Waals surface area contributed by atoms with E-state index in [0.717, 1.165) is 18.4 Å². The van der Waals surface area contributed by atoms with Gasteiger partial charge in [-0.05, 0) is 61.2 Å². The summed E-state index contributed by atoms with van der Waals surface area (Å²) in [5, 5.41) is 5.60. The molecule has 2 aromatic carbocycles. The van der Waals surface area contributed by atoms with Crippen LogP contribution >= 0.6 is 0 Å². The highest BCUT2D eigenvalue weighted by Gasteiger charge is 2.28. The van der Waals surface area contributed by atoms with Crippen LogP contribution in [0, 0.1) is 6.92 Å². The number of hydrogen-bond donors (Lipinski definition) is 2. The van der Waals surface area contributed by atoms with E-state index in [1.54, 1.807) is 55.7 Å². The fourth-order valence-corrected chi connectivity index (χ4v) is 5.39. The van der Waals surface area contributed by atoms with Gasteiger partial charge in [0.1, 0.15) is 0 Å². The number of nitrogens with zero attached hydrogens (tertiary/aromatic N) is 2. The number of aryl methyl sites for hydroxylation is 1. The Kier molecular flexibility index (Phi) is 7.04. The number of anilines is 1. The van der Waals surface area contributed by atoms with E-state index in [-0.39, 0.29) is 16.4 Å². The molecule has 3 aromatic rings. The summed E-state index contributed by atoms with van der Waals surface area (Å²) < 4.78 is 27.3. The quantitative estimate of drug-likeness (QED) is 0.541. The monoisotopic (exact) mass is 478 g/mol. The third kappa shape index (κ3) is 5.16. The molecule has 0 atom stereocenters. The molecule has 0 aliphatic carbocycles. The number of aromatic nitrogens is 1. The number of nitrogens with one attached hydrogen (secondary N) is 2. The van der Waals surface area contributed by atoms with Crippen molar-refractivity contribution in [3.05, 3.63) is 89.2 Å². The molecule has 176 valence electrons. The van der Waals surface area contributed by atoms with Gasteiger partial charge in [-0.3, -0.25) is 14.6 Å². The number of amides is 2. The summed E-state index contributed by atoms with van der Waals surface area (Å²) in [6, 6.07) is 14.9. The van der Waals surface area contributed by atoms with Crippen LogP contribution in [0.3, 0.4) is 0 Å². The van der Waals surface area contributed by atoms with Crippen molar-refractivity contribution >= 4 is 27.5 Å². The summed E-state index contributed by atoms with van der Waals surface area (Å²) >= 11 is 0. The van der Waals surface area contributed by atoms with Crippen molar-refractivity contribution in [3.8, 4) is 0 Å². The highest BCUT2D eigenvalue weighted by atomic mass is 32.2. The first-order valence-electron chi connectivity index (χ1n) is 11.0. The van der Waals surface area contributed by atoms with Gasteiger partial charge in [-0.2, -0.15) is 4.31 Å². The molecule has 1 aromatic heterocycles. The zero-order chi connectivity index (χ0) is 24.1. The van der Waals surface area contributed by atoms with Crippen LogP contribution in [0.25, 0.3) is 0 Å². The van der Waals surface area contributed by atoms with Gasteiger partial charge in [0.05, 0.1) is 16.1 Å². The van der Waals surface area contributed by atoms with E-state index >= 15 is 0 Å². The first-order valence-corrected chi connectivity index (χ1v) is 12.5. The predicted octanol–water partition coefficient (Wildman–Crippen LogP) is 3.36. The number of hydrogen-bond acceptors (Lipinski definition) is 5. The van der Waals surface area contributed by atoms with Gasteiger partial charge < -0.3 is 10.6 Å². The van der Waals surface area contributed by atoms with Gasteiger partial charge >= 0.3 is 0 Å². The van der Waals surface area contributed by atoms with Crippen LogP contribution in [0.4, 0.5) is 5.69 Å². The predicted molar refractivity (Wildman–Crippen MR) is 129 cm³/mol. The normalized spacial score (nSPS) is 14.0. The summed E-state index contributed by atoms with van der Waals surface area (Å²) in [4.78, 5) is 30.0. The summed E-state index contributed by atoms with van der Waals surface area (Å²) in [7, 11) is -3.66. The molecule has 1 aliphatic heterocycles. The fraction of sp³-hybridized carbons (Fsp3) is 0.240. The highest BCUT2D eigenvalue weighted by molar-refractivity contribution is 7.89. The Bertz CT molecular complexity index is 1300. The average Bonchev–Trinajstić information content (AvgIpc) is 3.40. The number of carbonyl (C=O) groups excluding carboxylic acids is 2. The van der Waals surface area contributed by atoms with Crippen LogP contribution in [0.1, 0.15) is 44.7 Å². The standard InChI is InChI=1S/C25H26N4O4S/c1-18-10-11-20(34(32,33)29-13-4-5-14-29)15-22(18)25(31)28-23-9-3-2-8-21(23)24(30)27-17-19-7-6-12-26-16-19/h2-3,6-12,15-16H,4-5,13-14,17H2,1H3,(H,27,30)(H,28,31). The molecule has 0 spiro atoms. The molecular formula is C25H26N4O4S. The fourth-order valence-electron chi connectivity index (χ4n) is 3.84. The lowest BCUT2D eigenvalue weighted by molar-refractivity contribution is 0.0951. The molecule has 1 saturated heterocycles. The lowest BCUT2D eigenvalue weighted by atomic mass is 10.1. The molecule has 8 nitrogen and oxygen atoms in total. The topological polar surface area (TPSA) is 108 Å². The molecule has 0 radical (unpaired) electrons. The molecule has 2 amide bonds. The van der Waals surface area contributed by atoms with E-state index in [1.807, 2.05) is 6.07 Å². The smallest absolute Gasteiger partial charge is 0.255 e. The van der Waals surface area contributed by atoms with Crippen LogP contribution in [0.5, 0.6) is 0 Å². The Morgan fingerprint density at radius 3 is 2.47 bits per heavy atom. The molecule has 0 saturated carbocycles. The Hall–Kier alpha value is -3.56. The molecular weight excluding hydrogens is 452 g/mol. The van der Waals surface area contributed by atoms with Gasteiger partial charge in [-0.1, -0.05) is 24.3 Å². The van der Waals surface area contributed by atoms with Crippen molar-refractivity contribution in [2.75, 3.05) is 18.4 Å². The largest absolute Gasteiger partial charge is 0.348 e. The van der Waals surface area contributed by atoms with E-state index in [2.05, 4.69) is 15.6 Å². The zero-order valence-electron chi connectivity index (χ0n) is 18.8. The second-order valence-electron chi connectivity index (χ2n) is 8.13. The third-order valence-electron chi connectivity index (χ3n) is 5.75. The van der Waals surface area contributed by atoms with Crippen molar-refractivity contribution in [1.82, 2.24) is 14.6 Å². The molecule has 9 heteroatoms. The number of carbonyl (C=O) groups is 2. The summed E-state index contributed by atoms with van der Waals surface area (Å²) in [6.07, 6.45) is 4.99. The van der Waals surface area contributed by atoms with Crippen molar-refractivity contribution < 1.29 is 18.0 Å². The highest BCUT2D eigenvalue weighted by Crippen LogP contribution is 2.24. The lowest BCUT2D eigenvalue weighted by Crippen LogP contribution is -2.28. The molecule has 1 aliphatic rings. The zero-order valence-corrected chi connectivity index (χ0v) is 19.6. The van der Waals surface area contributed by atoms with Gasteiger partial charge in [0.25, 0.3) is 11.8 Å². The van der Waals surface area contributed by atoms with Crippen LogP contribution in [-0.4, -0.2) is 42.6 Å². The first kappa shape index (κ1) is 23.6. The van der Waals surface area contributed by atoms with Gasteiger partial charge in [-0.15, -0.1) is 0 Å². The molecule has 2 heterocycles. The maximum absolute atomic E-state index is 13.1. The van der Waals surface area contributed by atoms with Crippen LogP contribution in [0.2, 0.25) is 0 Å². The Balaban J connectivity index is 1.54. The second kappa shape index (κ2) is 10.1. The minimum atomic E-state index is -3.66. The van der Waals surface area contributed by atoms with E-state index in [4.69, 9.17) is 0 Å². The lowest BCUT2D eigenvalue weighted by Gasteiger charge is -2.17. The number of benzene rings is 2. The summed E-state index contributed by atoms with van der Waals surface area (Å²) in [6.45, 7) is 3.01. The number of pyridine rings is 1. The number of para-hydroxylation sites is 1. The molecule has 0 unspecified atom stereocenters. The van der Waals surface area contributed by atoms with Gasteiger partial charge in [0.15, 0.2) is 0 Å². The van der Waals surface area contributed by atoms with Crippen molar-refractivity contribution in [1.29, 1.82) is 0 Å². The number of sulfonamides is 1. The summed E-state index contributed by atoms with van der Waals surface area (Å²) in [5.74, 6) is -0.828. The second-order valence-corrected chi connectivity index (χ2v) is 10.1. The molecule has 0 bridgehead atoms. The molecule has 1 fully saturated rings. The van der Waals surface area contributed by atoms with Gasteiger partial charge in [0.2, 0.25) is 10.0 Å². The van der Waals surface area contributed by atoms with E-state index in [1.165, 1.54) is 16.4 Å². The number of rotatable bonds is 7. The maximum atomic E-state index is 13.1. The van der Waals surface area contributed by atoms with Gasteiger partial charge in [-0.25, -0.2) is 8.42 Å². The first-order chi connectivity index (χ1) is 16.4. The van der Waals surface area contributed by atoms with Crippen LogP contribution in [-0.2, 0) is 16.6 Å². The SMILES string of the molecule is Cc1ccc(S(=O)(=O)N2CCCC2)cc1C(=O)Nc1ccccc1C(=O)NCc1cccnc1. The average molecular weight is 479 g/mol. The molecule has 34 heavy (non-hydrogen) atoms. The minimum Gasteiger partial charge on any atom is -0.348 e. The Morgan fingerprint density at radius 2 is 1.74 bits per heavy atom. The van der Waals surface area contributed by atoms with Crippen LogP contribution < -0.4 is 10.6 Å². The Labute approximate surface area is 199 Å². The van der Waals surface area contributed by atoms with Crippen LogP contribution in [0.15, 0.2) is 71.9 Å². The third-order valence-corrected chi connectivity index (χ3v) is 7.65. The molecule has 4 rings (SSSR count). The molecule has 2 N–H and O–H groups in total. The maximum Gasteiger partial charge on any atom is 0.255 e. The van der Waals surface area contributed by atoms with Crippen molar-refractivity contribution in [3.63, 3.8) is 0 Å².